The highest BCUT2D eigenvalue weighted by Gasteiger charge is 2.07. The Bertz CT molecular complexity index is 310. The maximum atomic E-state index is 5.86. The number of pyridine rings is 1. The molecule has 0 amide bonds. The summed E-state index contributed by atoms with van der Waals surface area (Å²) in [6.07, 6.45) is 3.44. The molecule has 0 saturated carbocycles. The molecule has 1 rings (SSSR count). The molecule has 3 N–H and O–H groups in total. The Morgan fingerprint density at radius 3 is 2.73 bits per heavy atom. The van der Waals surface area contributed by atoms with Gasteiger partial charge in [0.15, 0.2) is 0 Å². The van der Waals surface area contributed by atoms with Crippen LogP contribution in [0.5, 0.6) is 0 Å². The van der Waals surface area contributed by atoms with Crippen molar-refractivity contribution in [2.75, 3.05) is 11.1 Å². The molecule has 0 aliphatic heterocycles. The van der Waals surface area contributed by atoms with Gasteiger partial charge in [0.1, 0.15) is 5.82 Å². The van der Waals surface area contributed by atoms with Crippen LogP contribution >= 0.6 is 0 Å². The van der Waals surface area contributed by atoms with Crippen LogP contribution in [0.3, 0.4) is 0 Å². The van der Waals surface area contributed by atoms with Crippen LogP contribution in [0.2, 0.25) is 0 Å². The highest BCUT2D eigenvalue weighted by molar-refractivity contribution is 5.61. The molecule has 0 aliphatic carbocycles. The highest BCUT2D eigenvalue weighted by atomic mass is 15.0. The van der Waals surface area contributed by atoms with Gasteiger partial charge < -0.3 is 11.1 Å². The lowest BCUT2D eigenvalue weighted by Crippen LogP contribution is -2.19. The average Bonchev–Trinajstić information content (AvgIpc) is 2.22. The molecule has 3 heteroatoms. The third-order valence-corrected chi connectivity index (χ3v) is 2.54. The zero-order valence-corrected chi connectivity index (χ0v) is 9.88. The number of aryl methyl sites for hydroxylation is 1. The summed E-state index contributed by atoms with van der Waals surface area (Å²) in [7, 11) is 0. The molecule has 0 saturated heterocycles. The lowest BCUT2D eigenvalue weighted by Gasteiger charge is -2.18. The topological polar surface area (TPSA) is 50.9 Å². The smallest absolute Gasteiger partial charge is 0.149 e. The van der Waals surface area contributed by atoms with Gasteiger partial charge in [-0.15, -0.1) is 0 Å². The van der Waals surface area contributed by atoms with E-state index in [0.717, 1.165) is 30.0 Å². The van der Waals surface area contributed by atoms with Gasteiger partial charge in [-0.05, 0) is 31.9 Å². The number of nitrogen functional groups attached to an aromatic ring is 1. The first-order valence-corrected chi connectivity index (χ1v) is 5.67. The van der Waals surface area contributed by atoms with Crippen molar-refractivity contribution in [1.82, 2.24) is 4.98 Å². The standard InChI is InChI=1S/C12H21N3/c1-4-6-10(5-2)15-12-11(13)8-7-9(3)14-12/h7-8,10H,4-6,13H2,1-3H3,(H,14,15). The second kappa shape index (κ2) is 5.59. The van der Waals surface area contributed by atoms with E-state index < -0.39 is 0 Å². The second-order valence-corrected chi connectivity index (χ2v) is 3.93. The highest BCUT2D eigenvalue weighted by Crippen LogP contribution is 2.18. The number of anilines is 2. The fourth-order valence-electron chi connectivity index (χ4n) is 1.60. The van der Waals surface area contributed by atoms with Crippen LogP contribution in [0.1, 0.15) is 38.8 Å². The van der Waals surface area contributed by atoms with Crippen molar-refractivity contribution in [1.29, 1.82) is 0 Å². The summed E-state index contributed by atoms with van der Waals surface area (Å²) >= 11 is 0. The van der Waals surface area contributed by atoms with E-state index in [1.54, 1.807) is 0 Å². The molecule has 1 heterocycles. The van der Waals surface area contributed by atoms with Gasteiger partial charge in [0, 0.05) is 11.7 Å². The van der Waals surface area contributed by atoms with Crippen LogP contribution in [0.4, 0.5) is 11.5 Å². The number of nitrogens with one attached hydrogen (secondary N) is 1. The molecular formula is C12H21N3. The Labute approximate surface area is 92.1 Å². The summed E-state index contributed by atoms with van der Waals surface area (Å²) in [5, 5.41) is 3.40. The monoisotopic (exact) mass is 207 g/mol. The van der Waals surface area contributed by atoms with Gasteiger partial charge in [-0.2, -0.15) is 0 Å². The fraction of sp³-hybridized carbons (Fsp3) is 0.583. The number of aromatic nitrogens is 1. The lowest BCUT2D eigenvalue weighted by molar-refractivity contribution is 0.620. The minimum Gasteiger partial charge on any atom is -0.396 e. The lowest BCUT2D eigenvalue weighted by atomic mass is 10.1. The number of hydrogen-bond acceptors (Lipinski definition) is 3. The molecule has 0 spiro atoms. The summed E-state index contributed by atoms with van der Waals surface area (Å²) in [5.74, 6) is 0.829. The van der Waals surface area contributed by atoms with E-state index in [-0.39, 0.29) is 0 Å². The fourth-order valence-corrected chi connectivity index (χ4v) is 1.60. The summed E-state index contributed by atoms with van der Waals surface area (Å²) in [5.41, 5.74) is 7.59. The zero-order valence-electron chi connectivity index (χ0n) is 9.88. The first-order chi connectivity index (χ1) is 7.17. The van der Waals surface area contributed by atoms with E-state index in [0.29, 0.717) is 6.04 Å². The Balaban J connectivity index is 2.73. The molecule has 84 valence electrons. The number of hydrogen-bond donors (Lipinski definition) is 2. The predicted molar refractivity (Wildman–Crippen MR) is 66.0 cm³/mol. The van der Waals surface area contributed by atoms with Gasteiger partial charge in [0.05, 0.1) is 5.69 Å². The summed E-state index contributed by atoms with van der Waals surface area (Å²) < 4.78 is 0. The van der Waals surface area contributed by atoms with Gasteiger partial charge in [-0.3, -0.25) is 0 Å². The SMILES string of the molecule is CCCC(CC)Nc1nc(C)ccc1N. The van der Waals surface area contributed by atoms with Gasteiger partial charge in [0.2, 0.25) is 0 Å². The largest absolute Gasteiger partial charge is 0.396 e. The van der Waals surface area contributed by atoms with Crippen LogP contribution in [-0.4, -0.2) is 11.0 Å². The van der Waals surface area contributed by atoms with Crippen LogP contribution in [0.15, 0.2) is 12.1 Å². The van der Waals surface area contributed by atoms with Gasteiger partial charge >= 0.3 is 0 Å². The third kappa shape index (κ3) is 3.42. The third-order valence-electron chi connectivity index (χ3n) is 2.54. The van der Waals surface area contributed by atoms with E-state index in [9.17, 15) is 0 Å². The molecule has 3 nitrogen and oxygen atoms in total. The van der Waals surface area contributed by atoms with Gasteiger partial charge in [-0.25, -0.2) is 4.98 Å². The van der Waals surface area contributed by atoms with Crippen molar-refractivity contribution < 1.29 is 0 Å². The Hall–Kier alpha value is -1.25. The minimum atomic E-state index is 0.478. The number of nitrogens with zero attached hydrogens (tertiary/aromatic N) is 1. The van der Waals surface area contributed by atoms with Gasteiger partial charge in [-0.1, -0.05) is 20.3 Å². The van der Waals surface area contributed by atoms with Crippen LogP contribution in [-0.2, 0) is 0 Å². The maximum Gasteiger partial charge on any atom is 0.149 e. The van der Waals surface area contributed by atoms with Crippen LogP contribution in [0.25, 0.3) is 0 Å². The van der Waals surface area contributed by atoms with Crippen molar-refractivity contribution in [2.45, 2.75) is 46.1 Å². The zero-order chi connectivity index (χ0) is 11.3. The first kappa shape index (κ1) is 11.8. The Morgan fingerprint density at radius 1 is 1.40 bits per heavy atom. The van der Waals surface area contributed by atoms with E-state index >= 15 is 0 Å². The molecule has 1 atom stereocenters. The Kier molecular flexibility index (Phi) is 4.40. The molecule has 1 aromatic rings. The molecule has 1 unspecified atom stereocenters. The minimum absolute atomic E-state index is 0.478. The molecule has 1 aromatic heterocycles. The molecule has 0 aliphatic rings. The summed E-state index contributed by atoms with van der Waals surface area (Å²) in [6.45, 7) is 6.35. The van der Waals surface area contributed by atoms with Crippen molar-refractivity contribution in [3.8, 4) is 0 Å². The molecule has 0 radical (unpaired) electrons. The molecule has 15 heavy (non-hydrogen) atoms. The van der Waals surface area contributed by atoms with Crippen LogP contribution in [0, 0.1) is 6.92 Å². The molecule has 0 fully saturated rings. The first-order valence-electron chi connectivity index (χ1n) is 5.67. The van der Waals surface area contributed by atoms with Crippen LogP contribution < -0.4 is 11.1 Å². The number of rotatable bonds is 5. The Morgan fingerprint density at radius 2 is 2.13 bits per heavy atom. The van der Waals surface area contributed by atoms with E-state index in [2.05, 4.69) is 24.1 Å². The molecule has 0 bridgehead atoms. The predicted octanol–water partition coefficient (Wildman–Crippen LogP) is 2.96. The van der Waals surface area contributed by atoms with E-state index in [4.69, 9.17) is 5.73 Å². The molecular weight excluding hydrogens is 186 g/mol. The van der Waals surface area contributed by atoms with Crippen molar-refractivity contribution in [2.24, 2.45) is 0 Å². The number of nitrogens with two attached hydrogens (primary N) is 1. The van der Waals surface area contributed by atoms with Crippen molar-refractivity contribution in [3.63, 3.8) is 0 Å². The second-order valence-electron chi connectivity index (χ2n) is 3.93. The van der Waals surface area contributed by atoms with Gasteiger partial charge in [0.25, 0.3) is 0 Å². The normalized spacial score (nSPS) is 12.5. The maximum absolute atomic E-state index is 5.86. The quantitative estimate of drug-likeness (QED) is 0.780. The van der Waals surface area contributed by atoms with E-state index in [1.807, 2.05) is 19.1 Å². The molecule has 0 aromatic carbocycles. The average molecular weight is 207 g/mol. The van der Waals surface area contributed by atoms with Crippen molar-refractivity contribution >= 4 is 11.5 Å². The van der Waals surface area contributed by atoms with E-state index in [1.165, 1.54) is 6.42 Å². The van der Waals surface area contributed by atoms with Crippen molar-refractivity contribution in [3.05, 3.63) is 17.8 Å². The summed E-state index contributed by atoms with van der Waals surface area (Å²) in [6, 6.07) is 4.32. The summed E-state index contributed by atoms with van der Waals surface area (Å²) in [4.78, 5) is 4.41.